The lowest BCUT2D eigenvalue weighted by molar-refractivity contribution is -0.142. The number of nitrogens with zero attached hydrogens (tertiary/aromatic N) is 2. The fourth-order valence-electron chi connectivity index (χ4n) is 2.06. The van der Waals surface area contributed by atoms with E-state index < -0.39 is 17.9 Å². The Morgan fingerprint density at radius 1 is 1.60 bits per heavy atom. The second-order valence-electron chi connectivity index (χ2n) is 4.80. The molecule has 2 unspecified atom stereocenters. The van der Waals surface area contributed by atoms with Crippen molar-refractivity contribution in [3.8, 4) is 0 Å². The van der Waals surface area contributed by atoms with Crippen molar-refractivity contribution in [1.82, 2.24) is 15.1 Å². The van der Waals surface area contributed by atoms with Crippen molar-refractivity contribution in [2.75, 3.05) is 32.1 Å². The normalized spacial score (nSPS) is 20.2. The molecule has 20 heavy (non-hydrogen) atoms. The summed E-state index contributed by atoms with van der Waals surface area (Å²) in [7, 11) is 1.67. The second-order valence-corrected chi connectivity index (χ2v) is 5.71. The number of carbonyl (C=O) groups excluding carboxylic acids is 2. The van der Waals surface area contributed by atoms with Gasteiger partial charge in [-0.05, 0) is 13.2 Å². The summed E-state index contributed by atoms with van der Waals surface area (Å²) in [6, 6.07) is -1.21. The Balaban J connectivity index is 2.81. The van der Waals surface area contributed by atoms with E-state index in [9.17, 15) is 14.4 Å². The fraction of sp³-hybridized carbons (Fsp3) is 0.750. The molecule has 0 aromatic carbocycles. The molecule has 1 rings (SSSR count). The largest absolute Gasteiger partial charge is 0.481 e. The number of hydrogen-bond acceptors (Lipinski definition) is 4. The van der Waals surface area contributed by atoms with Crippen LogP contribution in [0, 0.1) is 0 Å². The van der Waals surface area contributed by atoms with E-state index in [1.807, 2.05) is 13.2 Å². The number of urea groups is 1. The average Bonchev–Trinajstić information content (AvgIpc) is 2.39. The van der Waals surface area contributed by atoms with Crippen LogP contribution in [0.15, 0.2) is 0 Å². The van der Waals surface area contributed by atoms with Gasteiger partial charge in [-0.1, -0.05) is 0 Å². The summed E-state index contributed by atoms with van der Waals surface area (Å²) in [6.45, 7) is 2.61. The van der Waals surface area contributed by atoms with Gasteiger partial charge < -0.3 is 20.2 Å². The van der Waals surface area contributed by atoms with Gasteiger partial charge in [-0.25, -0.2) is 4.79 Å². The predicted octanol–water partition coefficient (Wildman–Crippen LogP) is 0.0648. The number of carboxylic acids is 1. The number of rotatable bonds is 5. The number of thioether (sulfide) groups is 1. The van der Waals surface area contributed by atoms with Crippen LogP contribution < -0.4 is 5.32 Å². The van der Waals surface area contributed by atoms with Gasteiger partial charge in [-0.3, -0.25) is 9.59 Å². The van der Waals surface area contributed by atoms with Crippen molar-refractivity contribution in [3.05, 3.63) is 0 Å². The highest BCUT2D eigenvalue weighted by atomic mass is 32.2. The molecule has 0 saturated carbocycles. The maximum Gasteiger partial charge on any atom is 0.320 e. The van der Waals surface area contributed by atoms with Crippen molar-refractivity contribution in [2.45, 2.75) is 25.4 Å². The van der Waals surface area contributed by atoms with Gasteiger partial charge in [0.2, 0.25) is 5.91 Å². The molecule has 1 aliphatic heterocycles. The zero-order chi connectivity index (χ0) is 15.3. The number of carbonyl (C=O) groups is 3. The Labute approximate surface area is 122 Å². The van der Waals surface area contributed by atoms with Crippen LogP contribution in [0.5, 0.6) is 0 Å². The van der Waals surface area contributed by atoms with E-state index in [1.165, 1.54) is 4.90 Å². The first kappa shape index (κ1) is 16.6. The SMILES string of the molecule is CSCC(C)N(C)C(=O)N1CCNC(=O)C1CC(=O)O. The summed E-state index contributed by atoms with van der Waals surface area (Å²) in [5, 5.41) is 11.5. The van der Waals surface area contributed by atoms with E-state index in [2.05, 4.69) is 5.32 Å². The van der Waals surface area contributed by atoms with Crippen LogP contribution in [0.3, 0.4) is 0 Å². The fourth-order valence-corrected chi connectivity index (χ4v) is 2.76. The number of amides is 3. The smallest absolute Gasteiger partial charge is 0.320 e. The zero-order valence-electron chi connectivity index (χ0n) is 12.0. The standard InChI is InChI=1S/C12H21N3O4S/c1-8(7-20-3)14(2)12(19)15-5-4-13-11(18)9(15)6-10(16)17/h8-9H,4-7H2,1-3H3,(H,13,18)(H,16,17). The molecule has 0 aromatic heterocycles. The molecule has 0 aliphatic carbocycles. The molecule has 1 fully saturated rings. The van der Waals surface area contributed by atoms with E-state index in [4.69, 9.17) is 5.11 Å². The number of aliphatic carboxylic acids is 1. The first-order valence-corrected chi connectivity index (χ1v) is 7.79. The quantitative estimate of drug-likeness (QED) is 0.750. The van der Waals surface area contributed by atoms with Crippen LogP contribution >= 0.6 is 11.8 Å². The zero-order valence-corrected chi connectivity index (χ0v) is 12.8. The van der Waals surface area contributed by atoms with E-state index in [0.717, 1.165) is 5.75 Å². The molecule has 1 aliphatic rings. The monoisotopic (exact) mass is 303 g/mol. The summed E-state index contributed by atoms with van der Waals surface area (Å²) in [6.07, 6.45) is 1.58. The number of nitrogens with one attached hydrogen (secondary N) is 1. The maximum atomic E-state index is 12.4. The predicted molar refractivity (Wildman–Crippen MR) is 76.8 cm³/mol. The lowest BCUT2D eigenvalue weighted by Gasteiger charge is -2.38. The van der Waals surface area contributed by atoms with Gasteiger partial charge >= 0.3 is 12.0 Å². The van der Waals surface area contributed by atoms with E-state index in [-0.39, 0.29) is 18.5 Å². The minimum absolute atomic E-state index is 0.0213. The van der Waals surface area contributed by atoms with Crippen LogP contribution in [0.25, 0.3) is 0 Å². The highest BCUT2D eigenvalue weighted by molar-refractivity contribution is 7.98. The lowest BCUT2D eigenvalue weighted by Crippen LogP contribution is -2.61. The molecule has 7 nitrogen and oxygen atoms in total. The summed E-state index contributed by atoms with van der Waals surface area (Å²) in [4.78, 5) is 38.0. The highest BCUT2D eigenvalue weighted by Crippen LogP contribution is 2.14. The molecular weight excluding hydrogens is 282 g/mol. The van der Waals surface area contributed by atoms with Gasteiger partial charge in [0.15, 0.2) is 0 Å². The molecule has 0 aromatic rings. The Morgan fingerprint density at radius 3 is 2.80 bits per heavy atom. The molecule has 0 spiro atoms. The topological polar surface area (TPSA) is 90.0 Å². The van der Waals surface area contributed by atoms with Gasteiger partial charge in [0.1, 0.15) is 6.04 Å². The molecule has 8 heteroatoms. The molecule has 1 heterocycles. The molecule has 114 valence electrons. The third-order valence-corrected chi connectivity index (χ3v) is 4.13. The lowest BCUT2D eigenvalue weighted by atomic mass is 10.1. The molecule has 0 bridgehead atoms. The summed E-state index contributed by atoms with van der Waals surface area (Å²) in [5.41, 5.74) is 0. The Hall–Kier alpha value is -1.44. The van der Waals surface area contributed by atoms with Gasteiger partial charge in [0, 0.05) is 31.9 Å². The maximum absolute atomic E-state index is 12.4. The van der Waals surface area contributed by atoms with Gasteiger partial charge in [-0.15, -0.1) is 0 Å². The van der Waals surface area contributed by atoms with Crippen molar-refractivity contribution in [3.63, 3.8) is 0 Å². The third-order valence-electron chi connectivity index (χ3n) is 3.32. The third kappa shape index (κ3) is 4.03. The second kappa shape index (κ2) is 7.37. The van der Waals surface area contributed by atoms with Crippen LogP contribution in [0.2, 0.25) is 0 Å². The Morgan fingerprint density at radius 2 is 2.25 bits per heavy atom. The first-order chi connectivity index (χ1) is 9.38. The summed E-state index contributed by atoms with van der Waals surface area (Å²) < 4.78 is 0. The molecule has 0 radical (unpaired) electrons. The molecule has 2 atom stereocenters. The van der Waals surface area contributed by atoms with Crippen LogP contribution in [0.1, 0.15) is 13.3 Å². The summed E-state index contributed by atoms with van der Waals surface area (Å²) in [5.74, 6) is -0.714. The number of piperazine rings is 1. The van der Waals surface area contributed by atoms with Crippen molar-refractivity contribution < 1.29 is 19.5 Å². The van der Waals surface area contributed by atoms with E-state index >= 15 is 0 Å². The van der Waals surface area contributed by atoms with Gasteiger partial charge in [-0.2, -0.15) is 11.8 Å². The minimum Gasteiger partial charge on any atom is -0.481 e. The average molecular weight is 303 g/mol. The molecule has 3 amide bonds. The molecule has 2 N–H and O–H groups in total. The Kier molecular flexibility index (Phi) is 6.12. The first-order valence-electron chi connectivity index (χ1n) is 6.40. The van der Waals surface area contributed by atoms with Crippen molar-refractivity contribution in [1.29, 1.82) is 0 Å². The van der Waals surface area contributed by atoms with Crippen LogP contribution in [-0.2, 0) is 9.59 Å². The highest BCUT2D eigenvalue weighted by Gasteiger charge is 2.36. The van der Waals surface area contributed by atoms with Crippen LogP contribution in [-0.4, -0.2) is 77.0 Å². The number of hydrogen-bond donors (Lipinski definition) is 2. The van der Waals surface area contributed by atoms with Crippen LogP contribution in [0.4, 0.5) is 4.79 Å². The van der Waals surface area contributed by atoms with E-state index in [1.54, 1.807) is 23.7 Å². The number of carboxylic acid groups (broad SMARTS) is 1. The van der Waals surface area contributed by atoms with Gasteiger partial charge in [0.25, 0.3) is 0 Å². The van der Waals surface area contributed by atoms with Crippen molar-refractivity contribution in [2.24, 2.45) is 0 Å². The molecule has 1 saturated heterocycles. The van der Waals surface area contributed by atoms with Crippen molar-refractivity contribution >= 4 is 29.7 Å². The Bertz CT molecular complexity index is 391. The molecular formula is C12H21N3O4S. The minimum atomic E-state index is -1.09. The van der Waals surface area contributed by atoms with Gasteiger partial charge in [0.05, 0.1) is 6.42 Å². The van der Waals surface area contributed by atoms with E-state index in [0.29, 0.717) is 13.1 Å². The summed E-state index contributed by atoms with van der Waals surface area (Å²) >= 11 is 1.63.